The van der Waals surface area contributed by atoms with Gasteiger partial charge in [0.2, 0.25) is 5.82 Å². The van der Waals surface area contributed by atoms with Crippen LogP contribution in [0.1, 0.15) is 23.2 Å². The second-order valence-electron chi connectivity index (χ2n) is 5.76. The summed E-state index contributed by atoms with van der Waals surface area (Å²) >= 11 is 6.16. The average Bonchev–Trinajstić information content (AvgIpc) is 3.13. The molecule has 1 aliphatic heterocycles. The summed E-state index contributed by atoms with van der Waals surface area (Å²) in [6, 6.07) is 4.39. The Morgan fingerprint density at radius 3 is 2.00 bits per heavy atom. The standard InChI is InChI=1S/C17H12ClF5N2O/c18-9-7-8(3-4-10(9)25-5-1-2-6-25)24-17(26)11-12(19)14(21)16(23)15(22)13(11)20/h3-4,7H,1-2,5-6H2,(H,24,26). The maximum absolute atomic E-state index is 13.7. The van der Waals surface area contributed by atoms with Crippen LogP contribution >= 0.6 is 11.6 Å². The van der Waals surface area contributed by atoms with E-state index in [1.54, 1.807) is 6.07 Å². The Morgan fingerprint density at radius 1 is 0.923 bits per heavy atom. The Labute approximate surface area is 150 Å². The van der Waals surface area contributed by atoms with Crippen molar-refractivity contribution in [2.24, 2.45) is 0 Å². The van der Waals surface area contributed by atoms with Crippen LogP contribution < -0.4 is 10.2 Å². The zero-order valence-corrected chi connectivity index (χ0v) is 13.9. The van der Waals surface area contributed by atoms with Gasteiger partial charge in [-0.05, 0) is 31.0 Å². The smallest absolute Gasteiger partial charge is 0.261 e. The molecule has 1 heterocycles. The van der Waals surface area contributed by atoms with Gasteiger partial charge < -0.3 is 10.2 Å². The molecular formula is C17H12ClF5N2O. The molecule has 0 saturated carbocycles. The van der Waals surface area contributed by atoms with Gasteiger partial charge in [0.15, 0.2) is 23.3 Å². The van der Waals surface area contributed by atoms with Gasteiger partial charge in [-0.3, -0.25) is 4.79 Å². The summed E-state index contributed by atoms with van der Waals surface area (Å²) in [6.45, 7) is 1.66. The molecule has 1 aliphatic rings. The van der Waals surface area contributed by atoms with Crippen molar-refractivity contribution in [3.8, 4) is 0 Å². The predicted octanol–water partition coefficient (Wildman–Crippen LogP) is 4.89. The quantitative estimate of drug-likeness (QED) is 0.460. The number of carbonyl (C=O) groups is 1. The van der Waals surface area contributed by atoms with Gasteiger partial charge in [0.1, 0.15) is 5.56 Å². The van der Waals surface area contributed by atoms with E-state index in [1.807, 2.05) is 4.90 Å². The summed E-state index contributed by atoms with van der Waals surface area (Å²) < 4.78 is 66.9. The van der Waals surface area contributed by atoms with Crippen LogP contribution in [0.3, 0.4) is 0 Å². The van der Waals surface area contributed by atoms with Crippen molar-refractivity contribution in [2.45, 2.75) is 12.8 Å². The first-order chi connectivity index (χ1) is 12.3. The first-order valence-corrected chi connectivity index (χ1v) is 8.06. The molecule has 0 aliphatic carbocycles. The van der Waals surface area contributed by atoms with Crippen molar-refractivity contribution in [2.75, 3.05) is 23.3 Å². The van der Waals surface area contributed by atoms with Gasteiger partial charge in [0.25, 0.3) is 5.91 Å². The maximum Gasteiger partial charge on any atom is 0.261 e. The number of benzene rings is 2. The molecule has 0 aromatic heterocycles. The number of rotatable bonds is 3. The van der Waals surface area contributed by atoms with Crippen LogP contribution in [0.5, 0.6) is 0 Å². The molecule has 2 aromatic rings. The molecule has 9 heteroatoms. The van der Waals surface area contributed by atoms with Crippen molar-refractivity contribution in [3.63, 3.8) is 0 Å². The van der Waals surface area contributed by atoms with Crippen molar-refractivity contribution in [3.05, 3.63) is 57.9 Å². The average molecular weight is 391 g/mol. The molecule has 3 rings (SSSR count). The summed E-state index contributed by atoms with van der Waals surface area (Å²) in [5, 5.41) is 2.39. The van der Waals surface area contributed by atoms with Gasteiger partial charge in [0, 0.05) is 18.8 Å². The fourth-order valence-corrected chi connectivity index (χ4v) is 3.10. The highest BCUT2D eigenvalue weighted by Crippen LogP contribution is 2.31. The molecule has 1 amide bonds. The Balaban J connectivity index is 1.88. The molecule has 0 bridgehead atoms. The molecule has 0 atom stereocenters. The largest absolute Gasteiger partial charge is 0.370 e. The van der Waals surface area contributed by atoms with E-state index in [2.05, 4.69) is 5.32 Å². The van der Waals surface area contributed by atoms with Crippen LogP contribution in [0, 0.1) is 29.1 Å². The third kappa shape index (κ3) is 3.21. The first-order valence-electron chi connectivity index (χ1n) is 7.68. The fourth-order valence-electron chi connectivity index (χ4n) is 2.80. The summed E-state index contributed by atoms with van der Waals surface area (Å²) in [6.07, 6.45) is 2.05. The minimum Gasteiger partial charge on any atom is -0.370 e. The molecule has 1 N–H and O–H groups in total. The van der Waals surface area contributed by atoms with Gasteiger partial charge in [-0.1, -0.05) is 11.6 Å². The summed E-state index contributed by atoms with van der Waals surface area (Å²) in [7, 11) is 0. The number of nitrogens with zero attached hydrogens (tertiary/aromatic N) is 1. The molecular weight excluding hydrogens is 379 g/mol. The topological polar surface area (TPSA) is 32.3 Å². The van der Waals surface area contributed by atoms with E-state index in [1.165, 1.54) is 12.1 Å². The monoisotopic (exact) mass is 390 g/mol. The van der Waals surface area contributed by atoms with Crippen LogP contribution in [0.15, 0.2) is 18.2 Å². The van der Waals surface area contributed by atoms with E-state index >= 15 is 0 Å². The Bertz CT molecular complexity index is 855. The van der Waals surface area contributed by atoms with Crippen molar-refractivity contribution in [1.82, 2.24) is 0 Å². The summed E-state index contributed by atoms with van der Waals surface area (Å²) in [4.78, 5) is 14.1. The molecule has 26 heavy (non-hydrogen) atoms. The zero-order chi connectivity index (χ0) is 19.0. The normalized spacial score (nSPS) is 14.0. The summed E-state index contributed by atoms with van der Waals surface area (Å²) in [5.41, 5.74) is -0.758. The molecule has 0 spiro atoms. The van der Waals surface area contributed by atoms with E-state index in [-0.39, 0.29) is 5.69 Å². The highest BCUT2D eigenvalue weighted by molar-refractivity contribution is 6.33. The van der Waals surface area contributed by atoms with Gasteiger partial charge in [-0.25, -0.2) is 22.0 Å². The molecule has 0 unspecified atom stereocenters. The van der Waals surface area contributed by atoms with E-state index in [0.717, 1.165) is 31.6 Å². The van der Waals surface area contributed by atoms with Crippen LogP contribution in [0.25, 0.3) is 0 Å². The number of anilines is 2. The third-order valence-electron chi connectivity index (χ3n) is 4.09. The first kappa shape index (κ1) is 18.4. The van der Waals surface area contributed by atoms with Gasteiger partial charge in [-0.15, -0.1) is 0 Å². The van der Waals surface area contributed by atoms with E-state index in [0.29, 0.717) is 5.02 Å². The lowest BCUT2D eigenvalue weighted by Crippen LogP contribution is -2.20. The number of amides is 1. The zero-order valence-electron chi connectivity index (χ0n) is 13.2. The van der Waals surface area contributed by atoms with Crippen LogP contribution in [0.4, 0.5) is 33.3 Å². The third-order valence-corrected chi connectivity index (χ3v) is 4.39. The lowest BCUT2D eigenvalue weighted by molar-refractivity contribution is 0.101. The van der Waals surface area contributed by atoms with Crippen molar-refractivity contribution in [1.29, 1.82) is 0 Å². The van der Waals surface area contributed by atoms with Crippen LogP contribution in [-0.2, 0) is 0 Å². The Kier molecular flexibility index (Phi) is 5.04. The molecule has 2 aromatic carbocycles. The van der Waals surface area contributed by atoms with Gasteiger partial charge in [0.05, 0.1) is 10.7 Å². The SMILES string of the molecule is O=C(Nc1ccc(N2CCCC2)c(Cl)c1)c1c(F)c(F)c(F)c(F)c1F. The minimum absolute atomic E-state index is 0.0619. The highest BCUT2D eigenvalue weighted by atomic mass is 35.5. The number of halogens is 6. The second-order valence-corrected chi connectivity index (χ2v) is 6.17. The van der Waals surface area contributed by atoms with E-state index in [4.69, 9.17) is 11.6 Å². The molecule has 3 nitrogen and oxygen atoms in total. The molecule has 1 fully saturated rings. The van der Waals surface area contributed by atoms with Crippen molar-refractivity contribution < 1.29 is 26.7 Å². The Hall–Kier alpha value is -2.35. The van der Waals surface area contributed by atoms with Gasteiger partial charge >= 0.3 is 0 Å². The molecule has 1 saturated heterocycles. The number of nitrogens with one attached hydrogen (secondary N) is 1. The molecule has 138 valence electrons. The molecule has 0 radical (unpaired) electrons. The lowest BCUT2D eigenvalue weighted by atomic mass is 10.1. The number of hydrogen-bond acceptors (Lipinski definition) is 2. The predicted molar refractivity (Wildman–Crippen MR) is 87.1 cm³/mol. The van der Waals surface area contributed by atoms with Crippen LogP contribution in [-0.4, -0.2) is 19.0 Å². The van der Waals surface area contributed by atoms with E-state index in [9.17, 15) is 26.7 Å². The maximum atomic E-state index is 13.7. The van der Waals surface area contributed by atoms with Gasteiger partial charge in [-0.2, -0.15) is 0 Å². The summed E-state index contributed by atoms with van der Waals surface area (Å²) in [5.74, 6) is -12.6. The number of carbonyl (C=O) groups excluding carboxylic acids is 1. The highest BCUT2D eigenvalue weighted by Gasteiger charge is 2.29. The second kappa shape index (κ2) is 7.11. The van der Waals surface area contributed by atoms with E-state index < -0.39 is 40.6 Å². The minimum atomic E-state index is -2.32. The fraction of sp³-hybridized carbons (Fsp3) is 0.235. The Morgan fingerprint density at radius 2 is 1.46 bits per heavy atom. The lowest BCUT2D eigenvalue weighted by Gasteiger charge is -2.19. The van der Waals surface area contributed by atoms with Crippen molar-refractivity contribution >= 4 is 28.9 Å². The number of hydrogen-bond donors (Lipinski definition) is 1. The van der Waals surface area contributed by atoms with Crippen LogP contribution in [0.2, 0.25) is 5.02 Å².